The lowest BCUT2D eigenvalue weighted by molar-refractivity contribution is 0.0302. The van der Waals surface area contributed by atoms with Crippen molar-refractivity contribution in [1.82, 2.24) is 19.6 Å². The third-order valence-electron chi connectivity index (χ3n) is 5.10. The van der Waals surface area contributed by atoms with Gasteiger partial charge in [0.25, 0.3) is 0 Å². The van der Waals surface area contributed by atoms with E-state index in [1.165, 1.54) is 0 Å². The molecule has 0 N–H and O–H groups in total. The van der Waals surface area contributed by atoms with Crippen molar-refractivity contribution in [3.63, 3.8) is 0 Å². The highest BCUT2D eigenvalue weighted by Gasteiger charge is 2.17. The van der Waals surface area contributed by atoms with E-state index in [1.54, 1.807) is 0 Å². The number of fused-ring (bicyclic) bond motifs is 6. The highest BCUT2D eigenvalue weighted by atomic mass is 127. The molecular weight excluding hydrogens is 447 g/mol. The van der Waals surface area contributed by atoms with Gasteiger partial charge in [0.15, 0.2) is 0 Å². The molecule has 2 aliphatic rings. The van der Waals surface area contributed by atoms with Crippen LogP contribution < -0.4 is 0 Å². The van der Waals surface area contributed by atoms with Crippen LogP contribution in [0.15, 0.2) is 0 Å². The molecule has 7 nitrogen and oxygen atoms in total. The summed E-state index contributed by atoms with van der Waals surface area (Å²) in [7, 11) is 4.46. The van der Waals surface area contributed by atoms with Crippen LogP contribution in [0.5, 0.6) is 0 Å². The zero-order valence-electron chi connectivity index (χ0n) is 16.6. The van der Waals surface area contributed by atoms with E-state index >= 15 is 0 Å². The van der Waals surface area contributed by atoms with E-state index in [4.69, 9.17) is 14.2 Å². The van der Waals surface area contributed by atoms with Crippen LogP contribution in [0.3, 0.4) is 0 Å². The van der Waals surface area contributed by atoms with Crippen molar-refractivity contribution in [2.75, 3.05) is 113 Å². The molecule has 154 valence electrons. The molecule has 0 aromatic heterocycles. The second-order valence-electron chi connectivity index (χ2n) is 7.20. The van der Waals surface area contributed by atoms with Gasteiger partial charge in [-0.3, -0.25) is 14.7 Å². The molecule has 3 atom stereocenters. The third-order valence-corrected chi connectivity index (χ3v) is 6.44. The molecule has 2 aliphatic heterocycles. The minimum atomic E-state index is 0.491. The molecule has 0 aromatic carbocycles. The first-order valence-electron chi connectivity index (χ1n) is 9.86. The van der Waals surface area contributed by atoms with E-state index < -0.39 is 0 Å². The van der Waals surface area contributed by atoms with Crippen molar-refractivity contribution >= 4 is 22.6 Å². The van der Waals surface area contributed by atoms with E-state index in [0.29, 0.717) is 17.3 Å². The Morgan fingerprint density at radius 2 is 1.12 bits per heavy atom. The number of hydrogen-bond donors (Lipinski definition) is 0. The molecule has 0 saturated carbocycles. The molecular formula is C18H37IN4O3. The Balaban J connectivity index is 2.02. The molecule has 2 heterocycles. The van der Waals surface area contributed by atoms with Gasteiger partial charge in [-0.2, -0.15) is 0 Å². The summed E-state index contributed by atoms with van der Waals surface area (Å²) in [5.41, 5.74) is 0. The Labute approximate surface area is 173 Å². The zero-order chi connectivity index (χ0) is 18.6. The van der Waals surface area contributed by atoms with Gasteiger partial charge in [0, 0.05) is 58.9 Å². The summed E-state index contributed by atoms with van der Waals surface area (Å²) in [4.78, 5) is 9.82. The lowest BCUT2D eigenvalue weighted by Crippen LogP contribution is -2.44. The quantitative estimate of drug-likeness (QED) is 0.212. The summed E-state index contributed by atoms with van der Waals surface area (Å²) < 4.78 is 17.9. The molecule has 2 bridgehead atoms. The van der Waals surface area contributed by atoms with Gasteiger partial charge in [-0.1, -0.05) is 22.6 Å². The molecule has 8 heteroatoms. The van der Waals surface area contributed by atoms with E-state index in [2.05, 4.69) is 56.3 Å². The Morgan fingerprint density at radius 1 is 0.615 bits per heavy atom. The van der Waals surface area contributed by atoms with Gasteiger partial charge in [-0.15, -0.1) is 0 Å². The summed E-state index contributed by atoms with van der Waals surface area (Å²) in [6.45, 7) is 13.7. The topological polar surface area (TPSA) is 40.6 Å². The molecule has 26 heavy (non-hydrogen) atoms. The van der Waals surface area contributed by atoms with Gasteiger partial charge in [0.2, 0.25) is 0 Å². The molecule has 0 spiro atoms. The predicted octanol–water partition coefficient (Wildman–Crippen LogP) is 0.292. The van der Waals surface area contributed by atoms with Gasteiger partial charge in [0.1, 0.15) is 0 Å². The molecule has 2 saturated heterocycles. The molecule has 0 aromatic rings. The number of rotatable bonds is 0. The number of likely N-dealkylation sites (N-methyl/N-ethyl adjacent to an activating group) is 2. The number of ether oxygens (including phenoxy) is 3. The number of halogens is 1. The Bertz CT molecular complexity index is 367. The monoisotopic (exact) mass is 484 g/mol. The maximum Gasteiger partial charge on any atom is 0.0745 e. The minimum Gasteiger partial charge on any atom is -0.379 e. The summed E-state index contributed by atoms with van der Waals surface area (Å²) in [6, 6.07) is 0. The van der Waals surface area contributed by atoms with Crippen LogP contribution in [0.25, 0.3) is 0 Å². The summed E-state index contributed by atoms with van der Waals surface area (Å²) in [5.74, 6) is 0. The number of nitrogens with zero attached hydrogens (tertiary/aromatic N) is 4. The summed E-state index contributed by atoms with van der Waals surface area (Å²) in [6.07, 6.45) is 0. The summed E-state index contributed by atoms with van der Waals surface area (Å²) >= 11 is 2.57. The fourth-order valence-corrected chi connectivity index (χ4v) is 3.91. The van der Waals surface area contributed by atoms with Crippen molar-refractivity contribution in [3.05, 3.63) is 0 Å². The Hall–Kier alpha value is 0.450. The first-order chi connectivity index (χ1) is 12.6. The molecule has 2 fully saturated rings. The number of hydrogen-bond acceptors (Lipinski definition) is 7. The zero-order valence-corrected chi connectivity index (χ0v) is 18.7. The Kier molecular flexibility index (Phi) is 11.9. The highest BCUT2D eigenvalue weighted by molar-refractivity contribution is 14.1. The molecule has 2 rings (SSSR count). The fourth-order valence-electron chi connectivity index (χ4n) is 3.07. The SMILES string of the molecule is CN1CCN2CCOCCOCCN(CCOCC2)CC(I)N(C)CC1. The first-order valence-corrected chi connectivity index (χ1v) is 11.1. The maximum absolute atomic E-state index is 5.94. The van der Waals surface area contributed by atoms with Crippen molar-refractivity contribution in [2.45, 2.75) is 4.05 Å². The lowest BCUT2D eigenvalue weighted by Gasteiger charge is -2.31. The van der Waals surface area contributed by atoms with Crippen molar-refractivity contribution < 1.29 is 14.2 Å². The first kappa shape index (κ1) is 22.7. The molecule has 0 aliphatic carbocycles. The summed E-state index contributed by atoms with van der Waals surface area (Å²) in [5, 5.41) is 0. The average molecular weight is 484 g/mol. The normalized spacial score (nSPS) is 33.6. The fraction of sp³-hybridized carbons (Fsp3) is 1.00. The lowest BCUT2D eigenvalue weighted by atomic mass is 10.4. The predicted molar refractivity (Wildman–Crippen MR) is 113 cm³/mol. The van der Waals surface area contributed by atoms with E-state index in [9.17, 15) is 0 Å². The largest absolute Gasteiger partial charge is 0.379 e. The maximum atomic E-state index is 5.94. The van der Waals surface area contributed by atoms with Crippen molar-refractivity contribution in [2.24, 2.45) is 0 Å². The molecule has 0 radical (unpaired) electrons. The third kappa shape index (κ3) is 9.59. The standard InChI is InChI=1S/C18H37IN4O3/c1-20-3-5-21(2)18(19)17-23-9-13-24-11-7-22(6-4-20)8-12-25-15-16-26-14-10-23/h18H,3-17H2,1-2H3. The second-order valence-corrected chi connectivity index (χ2v) is 8.64. The Morgan fingerprint density at radius 3 is 1.73 bits per heavy atom. The van der Waals surface area contributed by atoms with Gasteiger partial charge >= 0.3 is 0 Å². The molecule has 0 amide bonds. The van der Waals surface area contributed by atoms with E-state index in [0.717, 1.165) is 85.3 Å². The van der Waals surface area contributed by atoms with Crippen LogP contribution in [0, 0.1) is 0 Å². The van der Waals surface area contributed by atoms with Crippen LogP contribution in [0.4, 0.5) is 0 Å². The van der Waals surface area contributed by atoms with Crippen molar-refractivity contribution in [1.29, 1.82) is 0 Å². The second kappa shape index (κ2) is 13.6. The highest BCUT2D eigenvalue weighted by Crippen LogP contribution is 2.09. The van der Waals surface area contributed by atoms with Crippen LogP contribution in [-0.2, 0) is 14.2 Å². The van der Waals surface area contributed by atoms with E-state index in [-0.39, 0.29) is 0 Å². The van der Waals surface area contributed by atoms with Gasteiger partial charge < -0.3 is 19.1 Å². The number of alkyl halides is 1. The van der Waals surface area contributed by atoms with Crippen LogP contribution in [0.1, 0.15) is 0 Å². The minimum absolute atomic E-state index is 0.491. The smallest absolute Gasteiger partial charge is 0.0745 e. The van der Waals surface area contributed by atoms with Crippen LogP contribution in [0.2, 0.25) is 0 Å². The van der Waals surface area contributed by atoms with Gasteiger partial charge in [-0.05, 0) is 14.1 Å². The van der Waals surface area contributed by atoms with Crippen molar-refractivity contribution in [3.8, 4) is 0 Å². The van der Waals surface area contributed by atoms with Crippen LogP contribution >= 0.6 is 22.6 Å². The van der Waals surface area contributed by atoms with Gasteiger partial charge in [-0.25, -0.2) is 0 Å². The molecule has 3 unspecified atom stereocenters. The average Bonchev–Trinajstić information content (AvgIpc) is 2.64. The van der Waals surface area contributed by atoms with Gasteiger partial charge in [0.05, 0.1) is 43.7 Å². The van der Waals surface area contributed by atoms with Crippen LogP contribution in [-0.4, -0.2) is 136 Å². The van der Waals surface area contributed by atoms with E-state index in [1.807, 2.05) is 0 Å².